The molecule has 3 heterocycles. The average molecular weight is 497 g/mol. The largest absolute Gasteiger partial charge is 0.457 e. The van der Waals surface area contributed by atoms with E-state index < -0.39 is 0 Å². The molecule has 2 aromatic heterocycles. The van der Waals surface area contributed by atoms with Crippen molar-refractivity contribution in [2.24, 2.45) is 0 Å². The molecule has 0 bridgehead atoms. The average Bonchev–Trinajstić information content (AvgIpc) is 3.36. The van der Waals surface area contributed by atoms with Gasteiger partial charge in [0.2, 0.25) is 0 Å². The lowest BCUT2D eigenvalue weighted by atomic mass is 10.1. The summed E-state index contributed by atoms with van der Waals surface area (Å²) in [6.07, 6.45) is 1.60. The fraction of sp³-hybridized carbons (Fsp3) is 0.179. The second kappa shape index (κ2) is 9.51. The van der Waals surface area contributed by atoms with Crippen molar-refractivity contribution in [3.05, 3.63) is 89.7 Å². The summed E-state index contributed by atoms with van der Waals surface area (Å²) in [5, 5.41) is 9.38. The van der Waals surface area contributed by atoms with Gasteiger partial charge in [-0.2, -0.15) is 5.10 Å². The van der Waals surface area contributed by atoms with Gasteiger partial charge in [-0.3, -0.25) is 5.10 Å². The van der Waals surface area contributed by atoms with Crippen LogP contribution in [0.3, 0.4) is 0 Å². The lowest BCUT2D eigenvalue weighted by molar-refractivity contribution is 0.483. The molecule has 0 spiro atoms. The topological polar surface area (TPSA) is 70.2 Å². The summed E-state index contributed by atoms with van der Waals surface area (Å²) in [4.78, 5) is 13.8. The smallest absolute Gasteiger partial charge is 0.161 e. The van der Waals surface area contributed by atoms with E-state index in [4.69, 9.17) is 16.3 Å². The van der Waals surface area contributed by atoms with E-state index in [-0.39, 0.29) is 0 Å². The Morgan fingerprint density at radius 1 is 0.833 bits per heavy atom. The van der Waals surface area contributed by atoms with Crippen LogP contribution in [0.25, 0.3) is 22.3 Å². The van der Waals surface area contributed by atoms with Crippen molar-refractivity contribution in [1.29, 1.82) is 0 Å². The second-order valence-electron chi connectivity index (χ2n) is 8.84. The quantitative estimate of drug-likeness (QED) is 0.317. The van der Waals surface area contributed by atoms with Crippen LogP contribution in [0.2, 0.25) is 5.02 Å². The maximum absolute atomic E-state index is 6.27. The molecule has 0 aliphatic carbocycles. The standard InChI is InChI=1S/C28H25ClN6O/c1-19-7-10-21(29)17-24(19)34-13-15-35(16-14-34)28-25-26(32-33-27(25)30-18-31-28)20-8-11-23(12-9-20)36-22-5-3-2-4-6-22/h2-12,17-18H,13-16H2,1H3,(H,30,31,32,33). The van der Waals surface area contributed by atoms with Gasteiger partial charge in [0.25, 0.3) is 0 Å². The molecule has 0 unspecified atom stereocenters. The number of H-pyrrole nitrogens is 1. The van der Waals surface area contributed by atoms with Crippen LogP contribution < -0.4 is 14.5 Å². The molecule has 7 nitrogen and oxygen atoms in total. The number of ether oxygens (including phenoxy) is 1. The molecule has 36 heavy (non-hydrogen) atoms. The minimum Gasteiger partial charge on any atom is -0.457 e. The Morgan fingerprint density at radius 3 is 2.33 bits per heavy atom. The molecular formula is C28H25ClN6O. The van der Waals surface area contributed by atoms with Crippen molar-refractivity contribution >= 4 is 34.1 Å². The van der Waals surface area contributed by atoms with E-state index in [1.54, 1.807) is 6.33 Å². The molecule has 1 aliphatic heterocycles. The van der Waals surface area contributed by atoms with E-state index >= 15 is 0 Å². The number of benzene rings is 3. The van der Waals surface area contributed by atoms with Gasteiger partial charge in [-0.1, -0.05) is 35.9 Å². The zero-order chi connectivity index (χ0) is 24.5. The van der Waals surface area contributed by atoms with Gasteiger partial charge >= 0.3 is 0 Å². The van der Waals surface area contributed by atoms with Crippen molar-refractivity contribution < 1.29 is 4.74 Å². The highest BCUT2D eigenvalue weighted by atomic mass is 35.5. The van der Waals surface area contributed by atoms with Gasteiger partial charge in [0, 0.05) is 42.5 Å². The fourth-order valence-corrected chi connectivity index (χ4v) is 4.85. The molecule has 0 saturated carbocycles. The van der Waals surface area contributed by atoms with Gasteiger partial charge in [0.1, 0.15) is 29.3 Å². The molecule has 1 N–H and O–H groups in total. The predicted octanol–water partition coefficient (Wildman–Crippen LogP) is 6.10. The Hall–Kier alpha value is -4.10. The molecule has 180 valence electrons. The summed E-state index contributed by atoms with van der Waals surface area (Å²) in [6.45, 7) is 5.57. The lowest BCUT2D eigenvalue weighted by Gasteiger charge is -2.37. The van der Waals surface area contributed by atoms with Gasteiger partial charge < -0.3 is 14.5 Å². The van der Waals surface area contributed by atoms with Crippen LogP contribution >= 0.6 is 11.6 Å². The van der Waals surface area contributed by atoms with Gasteiger partial charge in [-0.05, 0) is 61.0 Å². The Labute approximate surface area is 214 Å². The Morgan fingerprint density at radius 2 is 1.56 bits per heavy atom. The highest BCUT2D eigenvalue weighted by molar-refractivity contribution is 6.30. The van der Waals surface area contributed by atoms with E-state index in [1.165, 1.54) is 11.3 Å². The summed E-state index contributed by atoms with van der Waals surface area (Å²) >= 11 is 6.27. The van der Waals surface area contributed by atoms with Crippen LogP contribution in [0.4, 0.5) is 11.5 Å². The number of anilines is 2. The number of halogens is 1. The zero-order valence-electron chi connectivity index (χ0n) is 19.9. The molecule has 8 heteroatoms. The molecule has 3 aromatic carbocycles. The summed E-state index contributed by atoms with van der Waals surface area (Å²) in [5.41, 5.74) is 4.96. The summed E-state index contributed by atoms with van der Waals surface area (Å²) in [7, 11) is 0. The summed E-state index contributed by atoms with van der Waals surface area (Å²) in [5.74, 6) is 2.47. The van der Waals surface area contributed by atoms with E-state index in [1.807, 2.05) is 60.7 Å². The van der Waals surface area contributed by atoms with Crippen molar-refractivity contribution in [2.75, 3.05) is 36.0 Å². The number of para-hydroxylation sites is 1. The first-order valence-corrected chi connectivity index (χ1v) is 12.3. The summed E-state index contributed by atoms with van der Waals surface area (Å²) < 4.78 is 5.95. The maximum atomic E-state index is 6.27. The monoisotopic (exact) mass is 496 g/mol. The number of hydrogen-bond donors (Lipinski definition) is 1. The van der Waals surface area contributed by atoms with Crippen LogP contribution in [0, 0.1) is 6.92 Å². The Balaban J connectivity index is 1.25. The first kappa shape index (κ1) is 22.4. The number of nitrogens with zero attached hydrogens (tertiary/aromatic N) is 5. The number of nitrogens with one attached hydrogen (secondary N) is 1. The molecule has 0 radical (unpaired) electrons. The van der Waals surface area contributed by atoms with Gasteiger partial charge in [-0.15, -0.1) is 0 Å². The molecule has 1 saturated heterocycles. The van der Waals surface area contributed by atoms with Crippen molar-refractivity contribution in [3.8, 4) is 22.8 Å². The van der Waals surface area contributed by atoms with Gasteiger partial charge in [0.05, 0.1) is 5.39 Å². The minimum absolute atomic E-state index is 0.729. The number of aryl methyl sites for hydroxylation is 1. The molecule has 5 aromatic rings. The first-order chi connectivity index (χ1) is 17.7. The highest BCUT2D eigenvalue weighted by Crippen LogP contribution is 2.34. The van der Waals surface area contributed by atoms with E-state index in [0.29, 0.717) is 0 Å². The lowest BCUT2D eigenvalue weighted by Crippen LogP contribution is -2.47. The van der Waals surface area contributed by atoms with Crippen LogP contribution in [0.5, 0.6) is 11.5 Å². The highest BCUT2D eigenvalue weighted by Gasteiger charge is 2.24. The molecule has 1 fully saturated rings. The Bertz CT molecular complexity index is 1490. The van der Waals surface area contributed by atoms with Crippen LogP contribution in [0.15, 0.2) is 79.1 Å². The Kier molecular flexibility index (Phi) is 5.91. The third-order valence-electron chi connectivity index (χ3n) is 6.54. The normalized spacial score (nSPS) is 13.8. The number of rotatable bonds is 5. The van der Waals surface area contributed by atoms with Crippen molar-refractivity contribution in [2.45, 2.75) is 6.92 Å². The zero-order valence-corrected chi connectivity index (χ0v) is 20.6. The first-order valence-electron chi connectivity index (χ1n) is 11.9. The summed E-state index contributed by atoms with van der Waals surface area (Å²) in [6, 6.07) is 23.8. The maximum Gasteiger partial charge on any atom is 0.161 e. The van der Waals surface area contributed by atoms with Crippen LogP contribution in [-0.2, 0) is 0 Å². The molecule has 6 rings (SSSR count). The second-order valence-corrected chi connectivity index (χ2v) is 9.27. The molecule has 0 amide bonds. The number of fused-ring (bicyclic) bond motifs is 1. The van der Waals surface area contributed by atoms with Gasteiger partial charge in [0.15, 0.2) is 5.65 Å². The van der Waals surface area contributed by atoms with Gasteiger partial charge in [-0.25, -0.2) is 9.97 Å². The number of hydrogen-bond acceptors (Lipinski definition) is 6. The predicted molar refractivity (Wildman–Crippen MR) is 144 cm³/mol. The third kappa shape index (κ3) is 4.33. The van der Waals surface area contributed by atoms with E-state index in [9.17, 15) is 0 Å². The van der Waals surface area contributed by atoms with E-state index in [0.717, 1.165) is 70.8 Å². The van der Waals surface area contributed by atoms with Crippen LogP contribution in [-0.4, -0.2) is 46.3 Å². The number of aromatic nitrogens is 4. The van der Waals surface area contributed by atoms with E-state index in [2.05, 4.69) is 49.0 Å². The fourth-order valence-electron chi connectivity index (χ4n) is 4.68. The molecule has 0 atom stereocenters. The van der Waals surface area contributed by atoms with Crippen LogP contribution in [0.1, 0.15) is 5.56 Å². The number of piperazine rings is 1. The third-order valence-corrected chi connectivity index (χ3v) is 6.77. The molecular weight excluding hydrogens is 472 g/mol. The van der Waals surface area contributed by atoms with Crippen molar-refractivity contribution in [3.63, 3.8) is 0 Å². The number of aromatic amines is 1. The SMILES string of the molecule is Cc1ccc(Cl)cc1N1CCN(c2ncnc3[nH]nc(-c4ccc(Oc5ccccc5)cc4)c23)CC1. The van der Waals surface area contributed by atoms with Crippen molar-refractivity contribution in [1.82, 2.24) is 20.2 Å². The molecule has 1 aliphatic rings. The minimum atomic E-state index is 0.729.